The van der Waals surface area contributed by atoms with Crippen LogP contribution in [0, 0.1) is 6.92 Å². The summed E-state index contributed by atoms with van der Waals surface area (Å²) >= 11 is 3.42. The largest absolute Gasteiger partial charge is 0.482 e. The number of halogens is 1. The number of hydrogen-bond acceptors (Lipinski definition) is 7. The van der Waals surface area contributed by atoms with E-state index < -0.39 is 0 Å². The fourth-order valence-electron chi connectivity index (χ4n) is 3.42. The molecule has 0 unspecified atom stereocenters. The molecule has 3 heterocycles. The molecule has 9 heteroatoms. The molecule has 0 aliphatic heterocycles. The van der Waals surface area contributed by atoms with Gasteiger partial charge in [-0.2, -0.15) is 5.10 Å². The molecule has 8 nitrogen and oxygen atoms in total. The number of nitrogens with zero attached hydrogens (tertiary/aromatic N) is 4. The lowest BCUT2D eigenvalue weighted by Crippen LogP contribution is -2.04. The highest BCUT2D eigenvalue weighted by Crippen LogP contribution is 2.33. The number of furan rings is 1. The van der Waals surface area contributed by atoms with Crippen LogP contribution in [0.5, 0.6) is 5.75 Å². The lowest BCUT2D eigenvalue weighted by atomic mass is 10.0. The van der Waals surface area contributed by atoms with Crippen molar-refractivity contribution in [1.29, 1.82) is 0 Å². The summed E-state index contributed by atoms with van der Waals surface area (Å²) < 4.78 is 19.8. The minimum absolute atomic E-state index is 0.180. The molecular weight excluding hydrogens is 476 g/mol. The van der Waals surface area contributed by atoms with Gasteiger partial charge in [-0.15, -0.1) is 0 Å². The highest BCUT2D eigenvalue weighted by Gasteiger charge is 2.26. The number of aryl methyl sites for hydroxylation is 2. The van der Waals surface area contributed by atoms with Crippen molar-refractivity contribution in [3.63, 3.8) is 0 Å². The van der Waals surface area contributed by atoms with Crippen LogP contribution in [0.2, 0.25) is 0 Å². The summed E-state index contributed by atoms with van der Waals surface area (Å²) in [6.45, 7) is 1.93. The molecule has 0 N–H and O–H groups in total. The number of aromatic nitrogens is 4. The maximum absolute atomic E-state index is 13.4. The van der Waals surface area contributed by atoms with E-state index in [0.29, 0.717) is 34.2 Å². The van der Waals surface area contributed by atoms with Crippen molar-refractivity contribution in [3.05, 3.63) is 82.2 Å². The smallest absolute Gasteiger partial charge is 0.234 e. The number of hydrogen-bond donors (Lipinski definition) is 0. The molecule has 0 saturated heterocycles. The lowest BCUT2D eigenvalue weighted by Gasteiger charge is -2.05. The van der Waals surface area contributed by atoms with Gasteiger partial charge in [0.05, 0.1) is 5.56 Å². The maximum Gasteiger partial charge on any atom is 0.234 e. The molecule has 0 bridgehead atoms. The van der Waals surface area contributed by atoms with Crippen LogP contribution < -0.4 is 4.74 Å². The van der Waals surface area contributed by atoms with Crippen LogP contribution in [0.1, 0.15) is 27.7 Å². The van der Waals surface area contributed by atoms with Crippen molar-refractivity contribution in [3.8, 4) is 17.0 Å². The average Bonchev–Trinajstić information content (AvgIpc) is 3.50. The molecule has 0 aliphatic rings. The van der Waals surface area contributed by atoms with Crippen molar-refractivity contribution in [2.24, 2.45) is 7.05 Å². The SMILES string of the molecule is Cc1onc(-c2ccc(Br)cc2)c1C(=O)c1cc2cccc(OCc3ncnn3C)c2o1. The number of carbonyl (C=O) groups excluding carboxylic acids is 1. The molecule has 0 saturated carbocycles. The first-order valence-corrected chi connectivity index (χ1v) is 10.6. The molecule has 5 rings (SSSR count). The quantitative estimate of drug-likeness (QED) is 0.304. The van der Waals surface area contributed by atoms with Crippen LogP contribution in [0.3, 0.4) is 0 Å². The average molecular weight is 493 g/mol. The number of carbonyl (C=O) groups is 1. The lowest BCUT2D eigenvalue weighted by molar-refractivity contribution is 0.101. The molecule has 0 spiro atoms. The minimum Gasteiger partial charge on any atom is -0.482 e. The molecule has 160 valence electrons. The Kier molecular flexibility index (Phi) is 5.10. The summed E-state index contributed by atoms with van der Waals surface area (Å²) in [7, 11) is 1.79. The van der Waals surface area contributed by atoms with Gasteiger partial charge < -0.3 is 13.7 Å². The van der Waals surface area contributed by atoms with Gasteiger partial charge in [0, 0.05) is 22.5 Å². The normalized spacial score (nSPS) is 11.2. The summed E-state index contributed by atoms with van der Waals surface area (Å²) in [6.07, 6.45) is 1.47. The van der Waals surface area contributed by atoms with Crippen LogP contribution in [0.15, 0.2) is 68.3 Å². The third-order valence-electron chi connectivity index (χ3n) is 5.10. The van der Waals surface area contributed by atoms with Crippen LogP contribution >= 0.6 is 15.9 Å². The number of fused-ring (bicyclic) bond motifs is 1. The number of benzene rings is 2. The van der Waals surface area contributed by atoms with Crippen LogP contribution in [-0.2, 0) is 13.7 Å². The zero-order chi connectivity index (χ0) is 22.2. The number of ketones is 1. The monoisotopic (exact) mass is 492 g/mol. The Balaban J connectivity index is 1.49. The van der Waals surface area contributed by atoms with E-state index in [2.05, 4.69) is 31.2 Å². The zero-order valence-electron chi connectivity index (χ0n) is 17.2. The first-order chi connectivity index (χ1) is 15.5. The summed E-state index contributed by atoms with van der Waals surface area (Å²) in [5, 5.41) is 8.89. The maximum atomic E-state index is 13.4. The van der Waals surface area contributed by atoms with Gasteiger partial charge in [-0.1, -0.05) is 45.4 Å². The first kappa shape index (κ1) is 20.2. The fraction of sp³-hybridized carbons (Fsp3) is 0.130. The second kappa shape index (κ2) is 8.08. The minimum atomic E-state index is -0.308. The Morgan fingerprint density at radius 1 is 1.19 bits per heavy atom. The van der Waals surface area contributed by atoms with Crippen molar-refractivity contribution < 1.29 is 18.5 Å². The topological polar surface area (TPSA) is 96.2 Å². The van der Waals surface area contributed by atoms with Crippen molar-refractivity contribution in [2.45, 2.75) is 13.5 Å². The van der Waals surface area contributed by atoms with Gasteiger partial charge in [0.2, 0.25) is 5.78 Å². The fourth-order valence-corrected chi connectivity index (χ4v) is 3.69. The van der Waals surface area contributed by atoms with Gasteiger partial charge in [0.15, 0.2) is 22.9 Å². The Morgan fingerprint density at radius 3 is 2.75 bits per heavy atom. The molecule has 0 radical (unpaired) electrons. The van der Waals surface area contributed by atoms with Crippen molar-refractivity contribution in [2.75, 3.05) is 0 Å². The van der Waals surface area contributed by atoms with Crippen LogP contribution in [0.4, 0.5) is 0 Å². The summed E-state index contributed by atoms with van der Waals surface area (Å²) in [5.74, 6) is 1.48. The molecule has 32 heavy (non-hydrogen) atoms. The Bertz CT molecular complexity index is 1430. The summed E-state index contributed by atoms with van der Waals surface area (Å²) in [6, 6.07) is 14.7. The van der Waals surface area contributed by atoms with Gasteiger partial charge >= 0.3 is 0 Å². The van der Waals surface area contributed by atoms with E-state index in [1.54, 1.807) is 30.8 Å². The van der Waals surface area contributed by atoms with Gasteiger partial charge in [-0.05, 0) is 31.2 Å². The third-order valence-corrected chi connectivity index (χ3v) is 5.63. The van der Waals surface area contributed by atoms with Crippen molar-refractivity contribution >= 4 is 32.7 Å². The molecule has 2 aromatic carbocycles. The van der Waals surface area contributed by atoms with E-state index in [4.69, 9.17) is 13.7 Å². The summed E-state index contributed by atoms with van der Waals surface area (Å²) in [4.78, 5) is 17.5. The predicted molar refractivity (Wildman–Crippen MR) is 119 cm³/mol. The van der Waals surface area contributed by atoms with E-state index in [9.17, 15) is 4.79 Å². The molecule has 3 aromatic heterocycles. The van der Waals surface area contributed by atoms with E-state index in [0.717, 1.165) is 15.4 Å². The number of para-hydroxylation sites is 1. The Morgan fingerprint density at radius 2 is 2.00 bits per heavy atom. The molecule has 0 atom stereocenters. The highest BCUT2D eigenvalue weighted by molar-refractivity contribution is 9.10. The van der Waals surface area contributed by atoms with Crippen molar-refractivity contribution in [1.82, 2.24) is 19.9 Å². The first-order valence-electron chi connectivity index (χ1n) is 9.76. The number of ether oxygens (including phenoxy) is 1. The second-order valence-electron chi connectivity index (χ2n) is 7.17. The van der Waals surface area contributed by atoms with Gasteiger partial charge in [0.25, 0.3) is 0 Å². The second-order valence-corrected chi connectivity index (χ2v) is 8.09. The molecule has 5 aromatic rings. The van der Waals surface area contributed by atoms with Crippen LogP contribution in [-0.4, -0.2) is 25.7 Å². The van der Waals surface area contributed by atoms with E-state index in [-0.39, 0.29) is 18.2 Å². The molecular formula is C23H17BrN4O4. The van der Waals surface area contributed by atoms with E-state index in [1.807, 2.05) is 36.4 Å². The van der Waals surface area contributed by atoms with E-state index in [1.165, 1.54) is 6.33 Å². The van der Waals surface area contributed by atoms with Gasteiger partial charge in [-0.3, -0.25) is 9.48 Å². The highest BCUT2D eigenvalue weighted by atomic mass is 79.9. The predicted octanol–water partition coefficient (Wildman–Crippen LogP) is 5.10. The Hall–Kier alpha value is -3.72. The van der Waals surface area contributed by atoms with Gasteiger partial charge in [0.1, 0.15) is 24.4 Å². The van der Waals surface area contributed by atoms with E-state index >= 15 is 0 Å². The third kappa shape index (κ3) is 3.60. The molecule has 0 aliphatic carbocycles. The molecule has 0 amide bonds. The zero-order valence-corrected chi connectivity index (χ0v) is 18.8. The summed E-state index contributed by atoms with van der Waals surface area (Å²) in [5.41, 5.74) is 2.10. The van der Waals surface area contributed by atoms with Crippen LogP contribution in [0.25, 0.3) is 22.2 Å². The molecule has 0 fully saturated rings. The Labute approximate surface area is 190 Å². The van der Waals surface area contributed by atoms with Gasteiger partial charge in [-0.25, -0.2) is 4.98 Å². The number of rotatable bonds is 6. The standard InChI is InChI=1S/C23H17BrN4O4/c1-13-20(21(27-32-13)14-6-8-16(24)9-7-14)22(29)18-10-15-4-3-5-17(23(15)31-18)30-11-19-25-12-26-28(19)2/h3-10,12H,11H2,1-2H3.